The van der Waals surface area contributed by atoms with E-state index in [4.69, 9.17) is 16.0 Å². The lowest BCUT2D eigenvalue weighted by atomic mass is 10.1. The molecule has 1 aromatic heterocycles. The number of nitrogens with one attached hydrogen (secondary N) is 1. The van der Waals surface area contributed by atoms with Gasteiger partial charge in [0, 0.05) is 5.02 Å². The molecular formula is C14H13ClN2O2. The molecule has 0 aliphatic rings. The summed E-state index contributed by atoms with van der Waals surface area (Å²) in [6, 6.07) is 10.5. The van der Waals surface area contributed by atoms with Crippen LogP contribution in [0.25, 0.3) is 0 Å². The summed E-state index contributed by atoms with van der Waals surface area (Å²) in [4.78, 5) is 11.7. The number of benzene rings is 1. The van der Waals surface area contributed by atoms with E-state index < -0.39 is 0 Å². The molecule has 0 bridgehead atoms. The number of carbonyl (C=O) groups is 1. The second-order valence-electron chi connectivity index (χ2n) is 3.84. The summed E-state index contributed by atoms with van der Waals surface area (Å²) in [5.41, 5.74) is 4.17. The SMILES string of the molecule is CCC(=NNC(=O)c1ccco1)c1ccc(Cl)cc1. The van der Waals surface area contributed by atoms with Gasteiger partial charge in [-0.15, -0.1) is 0 Å². The van der Waals surface area contributed by atoms with Crippen molar-refractivity contribution in [2.24, 2.45) is 5.10 Å². The highest BCUT2D eigenvalue weighted by atomic mass is 35.5. The molecule has 0 fully saturated rings. The van der Waals surface area contributed by atoms with Gasteiger partial charge < -0.3 is 4.42 Å². The molecule has 4 nitrogen and oxygen atoms in total. The molecule has 1 amide bonds. The molecule has 1 heterocycles. The van der Waals surface area contributed by atoms with Crippen LogP contribution in [0.3, 0.4) is 0 Å². The second-order valence-corrected chi connectivity index (χ2v) is 4.27. The average molecular weight is 277 g/mol. The van der Waals surface area contributed by atoms with E-state index in [0.717, 1.165) is 11.3 Å². The number of hydrogen-bond donors (Lipinski definition) is 1. The van der Waals surface area contributed by atoms with Crippen LogP contribution in [0, 0.1) is 0 Å². The van der Waals surface area contributed by atoms with E-state index in [1.165, 1.54) is 6.26 Å². The predicted octanol–water partition coefficient (Wildman–Crippen LogP) is 3.48. The summed E-state index contributed by atoms with van der Waals surface area (Å²) >= 11 is 5.83. The zero-order valence-electron chi connectivity index (χ0n) is 10.4. The Labute approximate surface area is 116 Å². The average Bonchev–Trinajstić information content (AvgIpc) is 2.95. The Morgan fingerprint density at radius 2 is 2.05 bits per heavy atom. The van der Waals surface area contributed by atoms with Crippen LogP contribution < -0.4 is 5.43 Å². The maximum absolute atomic E-state index is 11.7. The smallest absolute Gasteiger partial charge is 0.307 e. The van der Waals surface area contributed by atoms with Crippen molar-refractivity contribution < 1.29 is 9.21 Å². The van der Waals surface area contributed by atoms with Crippen LogP contribution in [0.1, 0.15) is 29.5 Å². The fraction of sp³-hybridized carbons (Fsp3) is 0.143. The van der Waals surface area contributed by atoms with E-state index in [1.807, 2.05) is 19.1 Å². The van der Waals surface area contributed by atoms with Gasteiger partial charge in [-0.3, -0.25) is 4.79 Å². The van der Waals surface area contributed by atoms with Crippen molar-refractivity contribution >= 4 is 23.2 Å². The van der Waals surface area contributed by atoms with Crippen LogP contribution in [-0.4, -0.2) is 11.6 Å². The first-order valence-electron chi connectivity index (χ1n) is 5.87. The molecule has 0 saturated heterocycles. The molecule has 19 heavy (non-hydrogen) atoms. The Morgan fingerprint density at radius 3 is 2.63 bits per heavy atom. The molecule has 5 heteroatoms. The fourth-order valence-corrected chi connectivity index (χ4v) is 1.70. The van der Waals surface area contributed by atoms with E-state index in [9.17, 15) is 4.79 Å². The lowest BCUT2D eigenvalue weighted by molar-refractivity contribution is 0.0927. The van der Waals surface area contributed by atoms with Crippen molar-refractivity contribution in [2.75, 3.05) is 0 Å². The summed E-state index contributed by atoms with van der Waals surface area (Å²) in [7, 11) is 0. The van der Waals surface area contributed by atoms with Crippen LogP contribution in [-0.2, 0) is 0 Å². The number of halogens is 1. The van der Waals surface area contributed by atoms with Gasteiger partial charge in [-0.25, -0.2) is 5.43 Å². The third-order valence-electron chi connectivity index (χ3n) is 2.55. The number of hydrogen-bond acceptors (Lipinski definition) is 3. The molecule has 2 aromatic rings. The minimum absolute atomic E-state index is 0.232. The van der Waals surface area contributed by atoms with Gasteiger partial charge in [-0.1, -0.05) is 30.7 Å². The summed E-state index contributed by atoms with van der Waals surface area (Å²) < 4.78 is 4.98. The van der Waals surface area contributed by atoms with Crippen molar-refractivity contribution in [3.63, 3.8) is 0 Å². The van der Waals surface area contributed by atoms with Crippen molar-refractivity contribution in [1.82, 2.24) is 5.43 Å². The zero-order valence-corrected chi connectivity index (χ0v) is 11.1. The van der Waals surface area contributed by atoms with E-state index in [1.54, 1.807) is 24.3 Å². The van der Waals surface area contributed by atoms with Gasteiger partial charge in [-0.05, 0) is 36.2 Å². The minimum Gasteiger partial charge on any atom is -0.459 e. The highest BCUT2D eigenvalue weighted by Gasteiger charge is 2.08. The second kappa shape index (κ2) is 6.20. The summed E-state index contributed by atoms with van der Waals surface area (Å²) in [6.45, 7) is 1.96. The van der Waals surface area contributed by atoms with E-state index in [-0.39, 0.29) is 11.7 Å². The van der Waals surface area contributed by atoms with E-state index in [0.29, 0.717) is 11.4 Å². The largest absolute Gasteiger partial charge is 0.459 e. The standard InChI is InChI=1S/C14H13ClN2O2/c1-2-12(10-5-7-11(15)8-6-10)16-17-14(18)13-4-3-9-19-13/h3-9H,2H2,1H3,(H,17,18). The van der Waals surface area contributed by atoms with E-state index >= 15 is 0 Å². The molecule has 2 rings (SSSR count). The molecule has 0 saturated carbocycles. The van der Waals surface area contributed by atoms with Crippen molar-refractivity contribution in [3.8, 4) is 0 Å². The Balaban J connectivity index is 2.11. The first-order valence-corrected chi connectivity index (χ1v) is 6.25. The molecule has 0 radical (unpaired) electrons. The van der Waals surface area contributed by atoms with Gasteiger partial charge in [-0.2, -0.15) is 5.10 Å². The van der Waals surface area contributed by atoms with Crippen LogP contribution in [0.5, 0.6) is 0 Å². The normalized spacial score (nSPS) is 11.4. The minimum atomic E-state index is -0.370. The first-order chi connectivity index (χ1) is 9.20. The van der Waals surface area contributed by atoms with E-state index in [2.05, 4.69) is 10.5 Å². The quantitative estimate of drug-likeness (QED) is 0.687. The number of nitrogens with zero attached hydrogens (tertiary/aromatic N) is 1. The third-order valence-corrected chi connectivity index (χ3v) is 2.80. The molecular weight excluding hydrogens is 264 g/mol. The highest BCUT2D eigenvalue weighted by molar-refractivity contribution is 6.30. The lowest BCUT2D eigenvalue weighted by Gasteiger charge is -2.04. The van der Waals surface area contributed by atoms with Crippen molar-refractivity contribution in [3.05, 3.63) is 59.0 Å². The molecule has 1 N–H and O–H groups in total. The molecule has 0 unspecified atom stereocenters. The zero-order chi connectivity index (χ0) is 13.7. The maximum Gasteiger partial charge on any atom is 0.307 e. The fourth-order valence-electron chi connectivity index (χ4n) is 1.57. The number of furan rings is 1. The van der Waals surface area contributed by atoms with Crippen LogP contribution in [0.4, 0.5) is 0 Å². The van der Waals surface area contributed by atoms with Gasteiger partial charge in [0.15, 0.2) is 5.76 Å². The summed E-state index contributed by atoms with van der Waals surface area (Å²) in [5.74, 6) is -0.139. The van der Waals surface area contributed by atoms with Gasteiger partial charge in [0.25, 0.3) is 0 Å². The van der Waals surface area contributed by atoms with Crippen LogP contribution in [0.15, 0.2) is 52.2 Å². The highest BCUT2D eigenvalue weighted by Crippen LogP contribution is 2.11. The lowest BCUT2D eigenvalue weighted by Crippen LogP contribution is -2.19. The predicted molar refractivity (Wildman–Crippen MR) is 74.5 cm³/mol. The van der Waals surface area contributed by atoms with Gasteiger partial charge in [0.2, 0.25) is 0 Å². The number of amides is 1. The Bertz CT molecular complexity index is 574. The third kappa shape index (κ3) is 3.45. The molecule has 1 aromatic carbocycles. The molecule has 0 aliphatic heterocycles. The van der Waals surface area contributed by atoms with Crippen molar-refractivity contribution in [2.45, 2.75) is 13.3 Å². The first kappa shape index (κ1) is 13.4. The number of rotatable bonds is 4. The molecule has 0 spiro atoms. The topological polar surface area (TPSA) is 54.6 Å². The Morgan fingerprint density at radius 1 is 1.32 bits per heavy atom. The van der Waals surface area contributed by atoms with Crippen LogP contribution >= 0.6 is 11.6 Å². The van der Waals surface area contributed by atoms with Gasteiger partial charge >= 0.3 is 5.91 Å². The number of hydrazone groups is 1. The molecule has 0 aliphatic carbocycles. The Hall–Kier alpha value is -2.07. The molecule has 98 valence electrons. The summed E-state index contributed by atoms with van der Waals surface area (Å²) in [6.07, 6.45) is 2.14. The van der Waals surface area contributed by atoms with Crippen molar-refractivity contribution in [1.29, 1.82) is 0 Å². The summed E-state index contributed by atoms with van der Waals surface area (Å²) in [5, 5.41) is 4.78. The van der Waals surface area contributed by atoms with Gasteiger partial charge in [0.1, 0.15) is 0 Å². The Kier molecular flexibility index (Phi) is 4.36. The number of carbonyl (C=O) groups excluding carboxylic acids is 1. The molecule has 0 atom stereocenters. The van der Waals surface area contributed by atoms with Crippen LogP contribution in [0.2, 0.25) is 5.02 Å². The maximum atomic E-state index is 11.7. The van der Waals surface area contributed by atoms with Gasteiger partial charge in [0.05, 0.1) is 12.0 Å². The monoisotopic (exact) mass is 276 g/mol.